The summed E-state index contributed by atoms with van der Waals surface area (Å²) in [5, 5.41) is 9.27. The highest BCUT2D eigenvalue weighted by Gasteiger charge is 2.27. The quantitative estimate of drug-likeness (QED) is 0.674. The van der Waals surface area contributed by atoms with Gasteiger partial charge in [-0.05, 0) is 59.5 Å². The SMILES string of the molecule is Cc1ccc(Oc2nc(Br)cc3ncn(C4CC4)c23)cc1C(=O)O. The lowest BCUT2D eigenvalue weighted by molar-refractivity contribution is 0.0695. The molecule has 122 valence electrons. The molecule has 1 aliphatic rings. The van der Waals surface area contributed by atoms with E-state index in [9.17, 15) is 9.90 Å². The second-order valence-electron chi connectivity index (χ2n) is 5.88. The fourth-order valence-corrected chi connectivity index (χ4v) is 3.08. The monoisotopic (exact) mass is 387 g/mol. The molecule has 7 heteroatoms. The lowest BCUT2D eigenvalue weighted by Gasteiger charge is -2.10. The van der Waals surface area contributed by atoms with E-state index in [1.54, 1.807) is 25.4 Å². The molecule has 6 nitrogen and oxygen atoms in total. The summed E-state index contributed by atoms with van der Waals surface area (Å²) in [6.45, 7) is 1.75. The smallest absolute Gasteiger partial charge is 0.336 e. The van der Waals surface area contributed by atoms with Crippen LogP contribution in [0.4, 0.5) is 0 Å². The Balaban J connectivity index is 1.80. The van der Waals surface area contributed by atoms with E-state index in [2.05, 4.69) is 30.5 Å². The molecule has 0 spiro atoms. The molecule has 0 saturated heterocycles. The molecule has 3 aromatic rings. The number of aromatic carboxylic acids is 1. The number of aryl methyl sites for hydroxylation is 1. The number of carboxylic acid groups (broad SMARTS) is 1. The minimum atomic E-state index is -0.978. The molecule has 2 heterocycles. The number of aromatic nitrogens is 3. The van der Waals surface area contributed by atoms with Gasteiger partial charge in [0, 0.05) is 6.04 Å². The molecular formula is C17H14BrN3O3. The van der Waals surface area contributed by atoms with E-state index < -0.39 is 5.97 Å². The maximum atomic E-state index is 11.3. The average Bonchev–Trinajstić information content (AvgIpc) is 3.29. The van der Waals surface area contributed by atoms with Crippen LogP contribution in [0.1, 0.15) is 34.8 Å². The van der Waals surface area contributed by atoms with Crippen LogP contribution in [0.25, 0.3) is 11.0 Å². The highest BCUT2D eigenvalue weighted by molar-refractivity contribution is 9.10. The number of ether oxygens (including phenoxy) is 1. The van der Waals surface area contributed by atoms with Gasteiger partial charge in [0.1, 0.15) is 15.9 Å². The highest BCUT2D eigenvalue weighted by atomic mass is 79.9. The highest BCUT2D eigenvalue weighted by Crippen LogP contribution is 2.40. The standard InChI is InChI=1S/C17H14BrN3O3/c1-9-2-5-11(6-12(9)17(22)23)24-16-15-13(7-14(18)20-16)19-8-21(15)10-3-4-10/h2,5-8,10H,3-4H2,1H3,(H,22,23). The van der Waals surface area contributed by atoms with Crippen LogP contribution in [-0.4, -0.2) is 25.6 Å². The number of halogens is 1. The lowest BCUT2D eigenvalue weighted by Crippen LogP contribution is -2.01. The summed E-state index contributed by atoms with van der Waals surface area (Å²) in [6, 6.07) is 7.27. The number of hydrogen-bond donors (Lipinski definition) is 1. The van der Waals surface area contributed by atoms with E-state index in [0.29, 0.717) is 27.8 Å². The van der Waals surface area contributed by atoms with Crippen LogP contribution in [0.5, 0.6) is 11.6 Å². The molecule has 1 aliphatic carbocycles. The molecule has 0 aliphatic heterocycles. The van der Waals surface area contributed by atoms with Crippen molar-refractivity contribution in [2.24, 2.45) is 0 Å². The molecule has 2 aromatic heterocycles. The van der Waals surface area contributed by atoms with Crippen molar-refractivity contribution in [1.82, 2.24) is 14.5 Å². The van der Waals surface area contributed by atoms with Crippen LogP contribution < -0.4 is 4.74 Å². The van der Waals surface area contributed by atoms with E-state index in [4.69, 9.17) is 4.74 Å². The first-order chi connectivity index (χ1) is 11.5. The van der Waals surface area contributed by atoms with Crippen LogP contribution in [0, 0.1) is 6.92 Å². The van der Waals surface area contributed by atoms with Gasteiger partial charge in [-0.1, -0.05) is 6.07 Å². The number of imidazole rings is 1. The maximum absolute atomic E-state index is 11.3. The second kappa shape index (κ2) is 5.59. The van der Waals surface area contributed by atoms with Crippen molar-refractivity contribution in [1.29, 1.82) is 0 Å². The topological polar surface area (TPSA) is 77.2 Å². The Morgan fingerprint density at radius 1 is 1.38 bits per heavy atom. The molecule has 0 radical (unpaired) electrons. The minimum Gasteiger partial charge on any atom is -0.478 e. The van der Waals surface area contributed by atoms with Crippen LogP contribution in [0.2, 0.25) is 0 Å². The lowest BCUT2D eigenvalue weighted by atomic mass is 10.1. The summed E-state index contributed by atoms with van der Waals surface area (Å²) in [5.74, 6) is -0.120. The van der Waals surface area contributed by atoms with Crippen molar-refractivity contribution < 1.29 is 14.6 Å². The van der Waals surface area contributed by atoms with Gasteiger partial charge in [0.25, 0.3) is 0 Å². The van der Waals surface area contributed by atoms with E-state index in [1.807, 2.05) is 6.07 Å². The number of nitrogens with zero attached hydrogens (tertiary/aromatic N) is 3. The van der Waals surface area contributed by atoms with Crippen molar-refractivity contribution in [2.45, 2.75) is 25.8 Å². The van der Waals surface area contributed by atoms with Gasteiger partial charge >= 0.3 is 5.97 Å². The van der Waals surface area contributed by atoms with Gasteiger partial charge in [0.15, 0.2) is 0 Å². The Bertz CT molecular complexity index is 963. The first kappa shape index (κ1) is 15.1. The predicted molar refractivity (Wildman–Crippen MR) is 91.7 cm³/mol. The summed E-state index contributed by atoms with van der Waals surface area (Å²) in [7, 11) is 0. The van der Waals surface area contributed by atoms with Gasteiger partial charge in [-0.2, -0.15) is 0 Å². The molecule has 1 fully saturated rings. The van der Waals surface area contributed by atoms with Gasteiger partial charge in [-0.15, -0.1) is 0 Å². The van der Waals surface area contributed by atoms with E-state index in [-0.39, 0.29) is 5.56 Å². The minimum absolute atomic E-state index is 0.217. The maximum Gasteiger partial charge on any atom is 0.336 e. The number of hydrogen-bond acceptors (Lipinski definition) is 4. The van der Waals surface area contributed by atoms with Crippen molar-refractivity contribution in [3.8, 4) is 11.6 Å². The Kier molecular flexibility index (Phi) is 3.53. The fraction of sp³-hybridized carbons (Fsp3) is 0.235. The number of pyridine rings is 1. The van der Waals surface area contributed by atoms with E-state index >= 15 is 0 Å². The Hall–Kier alpha value is -2.41. The number of carbonyl (C=O) groups is 1. The summed E-state index contributed by atoms with van der Waals surface area (Å²) in [4.78, 5) is 20.2. The van der Waals surface area contributed by atoms with Crippen LogP contribution >= 0.6 is 15.9 Å². The largest absolute Gasteiger partial charge is 0.478 e. The zero-order valence-corrected chi connectivity index (χ0v) is 14.4. The molecule has 24 heavy (non-hydrogen) atoms. The molecule has 0 bridgehead atoms. The van der Waals surface area contributed by atoms with Gasteiger partial charge in [-0.3, -0.25) is 0 Å². The summed E-state index contributed by atoms with van der Waals surface area (Å²) in [6.07, 6.45) is 4.05. The zero-order chi connectivity index (χ0) is 16.8. The average molecular weight is 388 g/mol. The number of rotatable bonds is 4. The Labute approximate surface area is 146 Å². The zero-order valence-electron chi connectivity index (χ0n) is 12.9. The molecule has 4 rings (SSSR count). The summed E-state index contributed by atoms with van der Waals surface area (Å²) < 4.78 is 8.63. The molecule has 1 saturated carbocycles. The molecule has 1 aromatic carbocycles. The molecule has 0 unspecified atom stereocenters. The van der Waals surface area contributed by atoms with Crippen LogP contribution in [0.3, 0.4) is 0 Å². The van der Waals surface area contributed by atoms with Crippen molar-refractivity contribution in [2.75, 3.05) is 0 Å². The first-order valence-corrected chi connectivity index (χ1v) is 8.37. The third-order valence-corrected chi connectivity index (χ3v) is 4.49. The Morgan fingerprint density at radius 3 is 2.88 bits per heavy atom. The van der Waals surface area contributed by atoms with Gasteiger partial charge in [-0.25, -0.2) is 14.8 Å². The number of fused-ring (bicyclic) bond motifs is 1. The van der Waals surface area contributed by atoms with E-state index in [0.717, 1.165) is 23.9 Å². The van der Waals surface area contributed by atoms with Gasteiger partial charge in [0.05, 0.1) is 17.4 Å². The van der Waals surface area contributed by atoms with Crippen molar-refractivity contribution >= 4 is 32.9 Å². The van der Waals surface area contributed by atoms with Crippen molar-refractivity contribution in [3.05, 3.63) is 46.3 Å². The first-order valence-electron chi connectivity index (χ1n) is 7.58. The Morgan fingerprint density at radius 2 is 2.17 bits per heavy atom. The predicted octanol–water partition coefficient (Wildman–Crippen LogP) is 4.33. The van der Waals surface area contributed by atoms with Crippen LogP contribution in [-0.2, 0) is 0 Å². The summed E-state index contributed by atoms with van der Waals surface area (Å²) >= 11 is 3.37. The van der Waals surface area contributed by atoms with Gasteiger partial charge in [0.2, 0.25) is 5.88 Å². The molecule has 0 atom stereocenters. The fourth-order valence-electron chi connectivity index (χ4n) is 2.70. The molecule has 0 amide bonds. The molecular weight excluding hydrogens is 374 g/mol. The third-order valence-electron chi connectivity index (χ3n) is 4.08. The normalized spacial score (nSPS) is 14.1. The number of benzene rings is 1. The van der Waals surface area contributed by atoms with Crippen LogP contribution in [0.15, 0.2) is 35.2 Å². The summed E-state index contributed by atoms with van der Waals surface area (Å²) in [5.41, 5.74) is 2.53. The van der Waals surface area contributed by atoms with E-state index in [1.165, 1.54) is 6.07 Å². The van der Waals surface area contributed by atoms with Crippen molar-refractivity contribution in [3.63, 3.8) is 0 Å². The second-order valence-corrected chi connectivity index (χ2v) is 6.70. The number of carboxylic acids is 1. The van der Waals surface area contributed by atoms with Gasteiger partial charge < -0.3 is 14.4 Å². The third kappa shape index (κ3) is 2.65. The molecule has 1 N–H and O–H groups in total.